The lowest BCUT2D eigenvalue weighted by molar-refractivity contribution is 0.400. The molecule has 0 unspecified atom stereocenters. The molecule has 2 rings (SSSR count). The van der Waals surface area contributed by atoms with Gasteiger partial charge in [0, 0.05) is 18.4 Å². The Morgan fingerprint density at radius 3 is 2.55 bits per heavy atom. The average Bonchev–Trinajstić information content (AvgIpc) is 2.40. The summed E-state index contributed by atoms with van der Waals surface area (Å²) in [5.74, 6) is -0.365. The molecule has 0 aliphatic heterocycles. The highest BCUT2D eigenvalue weighted by Crippen LogP contribution is 2.28. The minimum atomic E-state index is -3.31. The number of anilines is 1. The van der Waals surface area contributed by atoms with Gasteiger partial charge in [-0.15, -0.1) is 0 Å². The van der Waals surface area contributed by atoms with Gasteiger partial charge in [0.1, 0.15) is 0 Å². The van der Waals surface area contributed by atoms with Crippen molar-refractivity contribution in [1.82, 2.24) is 4.98 Å². The number of pyridine rings is 1. The molecule has 0 saturated carbocycles. The standard InChI is InChI=1S/C13H14N2O4S/c1-20(18,19)12-6-5-10(8-15-12)14-7-9-3-2-4-11(16)13(9)17/h2-6,8,14,16-17H,7H2,1H3. The summed E-state index contributed by atoms with van der Waals surface area (Å²) in [6, 6.07) is 7.67. The van der Waals surface area contributed by atoms with Crippen LogP contribution in [0.25, 0.3) is 0 Å². The smallest absolute Gasteiger partial charge is 0.192 e. The van der Waals surface area contributed by atoms with Crippen LogP contribution in [-0.4, -0.2) is 29.9 Å². The van der Waals surface area contributed by atoms with E-state index < -0.39 is 9.84 Å². The van der Waals surface area contributed by atoms with E-state index in [0.717, 1.165) is 6.26 Å². The number of aromatic hydroxyl groups is 2. The molecule has 1 aromatic heterocycles. The molecule has 0 bridgehead atoms. The lowest BCUT2D eigenvalue weighted by atomic mass is 10.2. The van der Waals surface area contributed by atoms with Gasteiger partial charge in [-0.05, 0) is 18.2 Å². The Labute approximate surface area is 116 Å². The summed E-state index contributed by atoms with van der Waals surface area (Å²) in [6.45, 7) is 0.278. The molecule has 0 aliphatic rings. The number of aromatic nitrogens is 1. The molecule has 0 saturated heterocycles. The second-order valence-electron chi connectivity index (χ2n) is 4.30. The maximum absolute atomic E-state index is 11.3. The van der Waals surface area contributed by atoms with Gasteiger partial charge in [-0.25, -0.2) is 13.4 Å². The molecule has 3 N–H and O–H groups in total. The van der Waals surface area contributed by atoms with Gasteiger partial charge in [0.25, 0.3) is 0 Å². The van der Waals surface area contributed by atoms with Crippen LogP contribution in [0.4, 0.5) is 5.69 Å². The Kier molecular flexibility index (Phi) is 3.80. The molecule has 0 amide bonds. The first-order valence-electron chi connectivity index (χ1n) is 5.78. The minimum absolute atomic E-state index is 0.00301. The van der Waals surface area contributed by atoms with E-state index in [1.54, 1.807) is 18.2 Å². The average molecular weight is 294 g/mol. The zero-order valence-electron chi connectivity index (χ0n) is 10.7. The van der Waals surface area contributed by atoms with Crippen molar-refractivity contribution in [2.75, 3.05) is 11.6 Å². The fourth-order valence-electron chi connectivity index (χ4n) is 1.62. The van der Waals surface area contributed by atoms with Gasteiger partial charge in [-0.3, -0.25) is 0 Å². The largest absolute Gasteiger partial charge is 0.504 e. The number of hydrogen-bond acceptors (Lipinski definition) is 6. The Morgan fingerprint density at radius 1 is 1.20 bits per heavy atom. The van der Waals surface area contributed by atoms with Crippen molar-refractivity contribution in [3.05, 3.63) is 42.1 Å². The number of benzene rings is 1. The molecule has 0 aliphatic carbocycles. The van der Waals surface area contributed by atoms with Gasteiger partial charge in [0.2, 0.25) is 0 Å². The summed E-state index contributed by atoms with van der Waals surface area (Å²) in [6.07, 6.45) is 2.49. The minimum Gasteiger partial charge on any atom is -0.504 e. The molecule has 20 heavy (non-hydrogen) atoms. The van der Waals surface area contributed by atoms with E-state index in [9.17, 15) is 18.6 Å². The highest BCUT2D eigenvalue weighted by atomic mass is 32.2. The van der Waals surface area contributed by atoms with Gasteiger partial charge in [-0.2, -0.15) is 0 Å². The SMILES string of the molecule is CS(=O)(=O)c1ccc(NCc2cccc(O)c2O)cn1. The van der Waals surface area contributed by atoms with Crippen molar-refractivity contribution in [1.29, 1.82) is 0 Å². The van der Waals surface area contributed by atoms with Crippen LogP contribution in [0.1, 0.15) is 5.56 Å². The van der Waals surface area contributed by atoms with Crippen LogP contribution >= 0.6 is 0 Å². The summed E-state index contributed by atoms with van der Waals surface area (Å²) in [7, 11) is -3.31. The molecule has 106 valence electrons. The normalized spacial score (nSPS) is 11.2. The first kappa shape index (κ1) is 14.1. The van der Waals surface area contributed by atoms with Crippen molar-refractivity contribution >= 4 is 15.5 Å². The molecule has 0 radical (unpaired) electrons. The third-order valence-electron chi connectivity index (χ3n) is 2.70. The topological polar surface area (TPSA) is 99.5 Å². The molecule has 1 aromatic carbocycles. The van der Waals surface area contributed by atoms with Crippen LogP contribution in [0.3, 0.4) is 0 Å². The summed E-state index contributed by atoms with van der Waals surface area (Å²) in [5, 5.41) is 22.0. The zero-order valence-corrected chi connectivity index (χ0v) is 11.6. The Bertz CT molecular complexity index is 712. The van der Waals surface area contributed by atoms with Crippen LogP contribution < -0.4 is 5.32 Å². The maximum Gasteiger partial charge on any atom is 0.192 e. The summed E-state index contributed by atoms with van der Waals surface area (Å²) in [5.41, 5.74) is 1.14. The first-order valence-corrected chi connectivity index (χ1v) is 7.67. The number of rotatable bonds is 4. The second kappa shape index (κ2) is 5.38. The number of phenols is 2. The van der Waals surface area contributed by atoms with E-state index in [0.29, 0.717) is 11.3 Å². The number of hydrogen-bond donors (Lipinski definition) is 3. The molecule has 0 spiro atoms. The summed E-state index contributed by atoms with van der Waals surface area (Å²) in [4.78, 5) is 3.84. The lowest BCUT2D eigenvalue weighted by Gasteiger charge is -2.09. The monoisotopic (exact) mass is 294 g/mol. The van der Waals surface area contributed by atoms with Crippen LogP contribution in [0.2, 0.25) is 0 Å². The third kappa shape index (κ3) is 3.18. The van der Waals surface area contributed by atoms with E-state index in [-0.39, 0.29) is 23.1 Å². The Morgan fingerprint density at radius 2 is 1.95 bits per heavy atom. The van der Waals surface area contributed by atoms with E-state index in [4.69, 9.17) is 0 Å². The number of nitrogens with one attached hydrogen (secondary N) is 1. The predicted octanol–water partition coefficient (Wildman–Crippen LogP) is 1.51. The van der Waals surface area contributed by atoms with E-state index >= 15 is 0 Å². The zero-order chi connectivity index (χ0) is 14.8. The molecular weight excluding hydrogens is 280 g/mol. The lowest BCUT2D eigenvalue weighted by Crippen LogP contribution is -2.03. The molecule has 0 fully saturated rings. The molecule has 6 nitrogen and oxygen atoms in total. The fraction of sp³-hybridized carbons (Fsp3) is 0.154. The summed E-state index contributed by atoms with van der Waals surface area (Å²) >= 11 is 0. The fourth-order valence-corrected chi connectivity index (χ4v) is 2.18. The van der Waals surface area contributed by atoms with Crippen LogP contribution in [0.5, 0.6) is 11.5 Å². The summed E-state index contributed by atoms with van der Waals surface area (Å²) < 4.78 is 22.5. The van der Waals surface area contributed by atoms with Gasteiger partial charge in [-0.1, -0.05) is 12.1 Å². The molecule has 7 heteroatoms. The first-order chi connectivity index (χ1) is 9.38. The molecular formula is C13H14N2O4S. The van der Waals surface area contributed by atoms with Gasteiger partial charge < -0.3 is 15.5 Å². The van der Waals surface area contributed by atoms with Crippen LogP contribution in [0, 0.1) is 0 Å². The maximum atomic E-state index is 11.3. The number of nitrogens with zero attached hydrogens (tertiary/aromatic N) is 1. The van der Waals surface area contributed by atoms with E-state index in [2.05, 4.69) is 10.3 Å². The van der Waals surface area contributed by atoms with Crippen molar-refractivity contribution in [2.24, 2.45) is 0 Å². The highest BCUT2D eigenvalue weighted by Gasteiger charge is 2.09. The van der Waals surface area contributed by atoms with Gasteiger partial charge in [0.15, 0.2) is 26.4 Å². The van der Waals surface area contributed by atoms with Crippen LogP contribution in [-0.2, 0) is 16.4 Å². The predicted molar refractivity (Wildman–Crippen MR) is 74.4 cm³/mol. The quantitative estimate of drug-likeness (QED) is 0.739. The number of sulfone groups is 1. The van der Waals surface area contributed by atoms with Crippen LogP contribution in [0.15, 0.2) is 41.6 Å². The van der Waals surface area contributed by atoms with E-state index in [1.807, 2.05) is 0 Å². The van der Waals surface area contributed by atoms with E-state index in [1.165, 1.54) is 18.3 Å². The second-order valence-corrected chi connectivity index (χ2v) is 6.26. The van der Waals surface area contributed by atoms with Gasteiger partial charge >= 0.3 is 0 Å². The third-order valence-corrected chi connectivity index (χ3v) is 3.70. The molecule has 1 heterocycles. The molecule has 0 atom stereocenters. The number of para-hydroxylation sites is 1. The Balaban J connectivity index is 2.10. The molecule has 2 aromatic rings. The van der Waals surface area contributed by atoms with Crippen molar-refractivity contribution in [3.63, 3.8) is 0 Å². The van der Waals surface area contributed by atoms with Crippen molar-refractivity contribution < 1.29 is 18.6 Å². The van der Waals surface area contributed by atoms with Gasteiger partial charge in [0.05, 0.1) is 11.9 Å². The Hall–Kier alpha value is -2.28. The van der Waals surface area contributed by atoms with Crippen molar-refractivity contribution in [3.8, 4) is 11.5 Å². The highest BCUT2D eigenvalue weighted by molar-refractivity contribution is 7.90. The van der Waals surface area contributed by atoms with Crippen molar-refractivity contribution in [2.45, 2.75) is 11.6 Å². The number of phenolic OH excluding ortho intramolecular Hbond substituents is 2.